The molecule has 2 aliphatic heterocycles. The highest BCUT2D eigenvalue weighted by Gasteiger charge is 2.53. The lowest BCUT2D eigenvalue weighted by atomic mass is 9.58. The van der Waals surface area contributed by atoms with Gasteiger partial charge in [-0.15, -0.1) is 0 Å². The number of hydrogen-bond donors (Lipinski definition) is 1. The minimum atomic E-state index is -0.317. The molecular formula is C35H47N5O2. The summed E-state index contributed by atoms with van der Waals surface area (Å²) in [5, 5.41) is 2.70. The lowest BCUT2D eigenvalue weighted by Crippen LogP contribution is -2.55. The van der Waals surface area contributed by atoms with Crippen molar-refractivity contribution < 1.29 is 9.53 Å². The lowest BCUT2D eigenvalue weighted by molar-refractivity contribution is 0.00180. The SMILES string of the molecule is CNC(=O)O[C@@H]1CCC[C@H]1C(Cn1ccnc1C)(c1ccccc1)C1CCN(CC2CN(c3ccc(C)cc3)C2)CC1. The van der Waals surface area contributed by atoms with Crippen LogP contribution < -0.4 is 10.2 Å². The van der Waals surface area contributed by atoms with Crippen LogP contribution in [0.5, 0.6) is 0 Å². The van der Waals surface area contributed by atoms with Crippen molar-refractivity contribution in [3.8, 4) is 0 Å². The maximum atomic E-state index is 12.5. The minimum Gasteiger partial charge on any atom is -0.446 e. The van der Waals surface area contributed by atoms with Gasteiger partial charge in [0.2, 0.25) is 0 Å². The van der Waals surface area contributed by atoms with Gasteiger partial charge in [-0.3, -0.25) is 0 Å². The second kappa shape index (κ2) is 12.5. The van der Waals surface area contributed by atoms with Gasteiger partial charge in [0.25, 0.3) is 0 Å². The number of imidazole rings is 1. The molecule has 3 atom stereocenters. The van der Waals surface area contributed by atoms with E-state index in [1.54, 1.807) is 7.05 Å². The molecule has 0 spiro atoms. The summed E-state index contributed by atoms with van der Waals surface area (Å²) in [6.45, 7) is 10.8. The summed E-state index contributed by atoms with van der Waals surface area (Å²) in [5.74, 6) is 2.51. The quantitative estimate of drug-likeness (QED) is 0.352. The average molecular weight is 570 g/mol. The van der Waals surface area contributed by atoms with E-state index in [0.29, 0.717) is 5.92 Å². The van der Waals surface area contributed by atoms with Crippen molar-refractivity contribution in [3.63, 3.8) is 0 Å². The van der Waals surface area contributed by atoms with E-state index < -0.39 is 0 Å². The number of likely N-dealkylation sites (tertiary alicyclic amines) is 1. The molecule has 42 heavy (non-hydrogen) atoms. The van der Waals surface area contributed by atoms with Crippen LogP contribution in [0.4, 0.5) is 10.5 Å². The summed E-state index contributed by atoms with van der Waals surface area (Å²) in [7, 11) is 1.66. The van der Waals surface area contributed by atoms with Gasteiger partial charge in [0, 0.05) is 68.6 Å². The number of benzene rings is 2. The van der Waals surface area contributed by atoms with Gasteiger partial charge in [0.05, 0.1) is 0 Å². The van der Waals surface area contributed by atoms with Crippen LogP contribution >= 0.6 is 0 Å². The van der Waals surface area contributed by atoms with Crippen molar-refractivity contribution in [2.24, 2.45) is 17.8 Å². The third-order valence-corrected chi connectivity index (χ3v) is 10.4. The van der Waals surface area contributed by atoms with Crippen molar-refractivity contribution in [1.82, 2.24) is 19.8 Å². The summed E-state index contributed by atoms with van der Waals surface area (Å²) >= 11 is 0. The number of alkyl carbamates (subject to hydrolysis) is 1. The second-order valence-electron chi connectivity index (χ2n) is 12.9. The van der Waals surface area contributed by atoms with E-state index >= 15 is 0 Å². The third kappa shape index (κ3) is 5.81. The first kappa shape index (κ1) is 28.8. The van der Waals surface area contributed by atoms with Crippen molar-refractivity contribution in [3.05, 3.63) is 83.9 Å². The third-order valence-electron chi connectivity index (χ3n) is 10.4. The maximum Gasteiger partial charge on any atom is 0.407 e. The molecule has 7 heteroatoms. The zero-order chi connectivity index (χ0) is 29.1. The Balaban J connectivity index is 1.22. The number of piperidine rings is 1. The molecule has 7 nitrogen and oxygen atoms in total. The first-order valence-corrected chi connectivity index (χ1v) is 15.9. The van der Waals surface area contributed by atoms with Crippen molar-refractivity contribution >= 4 is 11.8 Å². The number of aromatic nitrogens is 2. The fourth-order valence-electron chi connectivity index (χ4n) is 8.19. The van der Waals surface area contributed by atoms with Crippen LogP contribution in [0.25, 0.3) is 0 Å². The predicted octanol–water partition coefficient (Wildman–Crippen LogP) is 5.81. The summed E-state index contributed by atoms with van der Waals surface area (Å²) in [5.41, 5.74) is 3.90. The van der Waals surface area contributed by atoms with Crippen molar-refractivity contribution in [2.45, 2.75) is 64.0 Å². The molecule has 1 aromatic heterocycles. The number of rotatable bonds is 9. The van der Waals surface area contributed by atoms with Gasteiger partial charge in [-0.05, 0) is 82.7 Å². The molecule has 3 heterocycles. The van der Waals surface area contributed by atoms with Crippen molar-refractivity contribution in [2.75, 3.05) is 44.7 Å². The number of nitrogens with zero attached hydrogens (tertiary/aromatic N) is 4. The Morgan fingerprint density at radius 1 is 1.00 bits per heavy atom. The largest absolute Gasteiger partial charge is 0.446 e. The van der Waals surface area contributed by atoms with Crippen LogP contribution in [0.15, 0.2) is 67.0 Å². The van der Waals surface area contributed by atoms with Gasteiger partial charge in [0.1, 0.15) is 11.9 Å². The molecule has 0 radical (unpaired) electrons. The van der Waals surface area contributed by atoms with Gasteiger partial charge in [0.15, 0.2) is 0 Å². The fourth-order valence-corrected chi connectivity index (χ4v) is 8.19. The number of ether oxygens (including phenoxy) is 1. The predicted molar refractivity (Wildman–Crippen MR) is 168 cm³/mol. The van der Waals surface area contributed by atoms with E-state index in [9.17, 15) is 4.79 Å². The topological polar surface area (TPSA) is 62.6 Å². The van der Waals surface area contributed by atoms with Crippen LogP contribution in [0.3, 0.4) is 0 Å². The highest BCUT2D eigenvalue weighted by Crippen LogP contribution is 2.52. The van der Waals surface area contributed by atoms with E-state index in [1.165, 1.54) is 23.4 Å². The molecule has 6 rings (SSSR count). The van der Waals surface area contributed by atoms with E-state index in [2.05, 4.69) is 99.3 Å². The first-order chi connectivity index (χ1) is 20.5. The fraction of sp³-hybridized carbons (Fsp3) is 0.543. The zero-order valence-corrected chi connectivity index (χ0v) is 25.5. The Bertz CT molecular complexity index is 1310. The van der Waals surface area contributed by atoms with Crippen LogP contribution in [0.2, 0.25) is 0 Å². The number of hydrogen-bond acceptors (Lipinski definition) is 5. The average Bonchev–Trinajstić information content (AvgIpc) is 3.63. The molecule has 2 aromatic carbocycles. The smallest absolute Gasteiger partial charge is 0.407 e. The molecule has 3 aliphatic rings. The summed E-state index contributed by atoms with van der Waals surface area (Å²) in [4.78, 5) is 22.3. The van der Waals surface area contributed by atoms with Gasteiger partial charge < -0.3 is 24.4 Å². The number of aryl methyl sites for hydroxylation is 2. The van der Waals surface area contributed by atoms with E-state index in [4.69, 9.17) is 4.74 Å². The molecule has 1 saturated carbocycles. The van der Waals surface area contributed by atoms with Crippen molar-refractivity contribution in [1.29, 1.82) is 0 Å². The van der Waals surface area contributed by atoms with E-state index in [1.807, 2.05) is 6.20 Å². The minimum absolute atomic E-state index is 0.0882. The Kier molecular flexibility index (Phi) is 8.57. The van der Waals surface area contributed by atoms with E-state index in [0.717, 1.165) is 76.6 Å². The van der Waals surface area contributed by atoms with Crippen LogP contribution in [0.1, 0.15) is 49.1 Å². The summed E-state index contributed by atoms with van der Waals surface area (Å²) in [6, 6.07) is 20.1. The van der Waals surface area contributed by atoms with Gasteiger partial charge in [-0.1, -0.05) is 48.0 Å². The Hall–Kier alpha value is -3.32. The standard InChI is InChI=1S/C35H47N5O2/c1-26-12-14-31(15-13-26)40-23-28(24-40)22-38-19-16-30(17-20-38)35(29-8-5-4-6-9-29,25-39-21-18-37-27(39)2)32-10-7-11-33(32)42-34(41)36-3/h4-6,8-9,12-15,18,21,28,30,32-33H,7,10-11,16-17,19-20,22-25H2,1-3H3,(H,36,41)/t32-,33-,35?/m1/s1. The van der Waals surface area contributed by atoms with Gasteiger partial charge in [-0.2, -0.15) is 0 Å². The second-order valence-corrected chi connectivity index (χ2v) is 12.9. The molecule has 3 fully saturated rings. The van der Waals surface area contributed by atoms with Gasteiger partial charge in [-0.25, -0.2) is 9.78 Å². The molecule has 1 unspecified atom stereocenters. The van der Waals surface area contributed by atoms with Crippen LogP contribution in [-0.2, 0) is 16.7 Å². The van der Waals surface area contributed by atoms with Crippen LogP contribution in [-0.4, -0.2) is 66.4 Å². The normalized spacial score (nSPS) is 23.4. The lowest BCUT2D eigenvalue weighted by Gasteiger charge is -2.51. The molecule has 2 saturated heterocycles. The highest BCUT2D eigenvalue weighted by atomic mass is 16.6. The molecule has 1 aliphatic carbocycles. The number of amides is 1. The molecule has 3 aromatic rings. The number of carbonyl (C=O) groups excluding carboxylic acids is 1. The molecule has 1 amide bonds. The molecular weight excluding hydrogens is 522 g/mol. The number of carbonyl (C=O) groups is 1. The molecule has 224 valence electrons. The molecule has 1 N–H and O–H groups in total. The summed E-state index contributed by atoms with van der Waals surface area (Å²) in [6.07, 6.45) is 9.02. The monoisotopic (exact) mass is 569 g/mol. The van der Waals surface area contributed by atoms with Crippen LogP contribution in [0, 0.1) is 31.6 Å². The Morgan fingerprint density at radius 2 is 1.74 bits per heavy atom. The Morgan fingerprint density at radius 3 is 2.40 bits per heavy atom. The van der Waals surface area contributed by atoms with E-state index in [-0.39, 0.29) is 23.5 Å². The number of nitrogens with one attached hydrogen (secondary N) is 1. The first-order valence-electron chi connectivity index (χ1n) is 15.9. The zero-order valence-electron chi connectivity index (χ0n) is 25.5. The number of anilines is 1. The Labute approximate surface area is 251 Å². The molecule has 0 bridgehead atoms. The van der Waals surface area contributed by atoms with Gasteiger partial charge >= 0.3 is 6.09 Å². The summed E-state index contributed by atoms with van der Waals surface area (Å²) < 4.78 is 8.44. The maximum absolute atomic E-state index is 12.5. The highest BCUT2D eigenvalue weighted by molar-refractivity contribution is 5.67.